The minimum atomic E-state index is -2.38. The molecule has 2 aliphatic carbocycles. The molecule has 3 heteroatoms. The number of allylic oxidation sites excluding steroid dienone is 4. The van der Waals surface area contributed by atoms with Gasteiger partial charge < -0.3 is 24.8 Å². The van der Waals surface area contributed by atoms with Gasteiger partial charge >= 0.3 is 221 Å². The van der Waals surface area contributed by atoms with Crippen LogP contribution in [0.1, 0.15) is 74.3 Å². The van der Waals surface area contributed by atoms with Crippen LogP contribution in [-0.2, 0) is 26.7 Å². The summed E-state index contributed by atoms with van der Waals surface area (Å²) in [7, 11) is 0. The predicted octanol–water partition coefficient (Wildman–Crippen LogP) is 3.04. The van der Waals surface area contributed by atoms with Gasteiger partial charge in [0.1, 0.15) is 0 Å². The van der Waals surface area contributed by atoms with Gasteiger partial charge in [0.15, 0.2) is 0 Å². The fourth-order valence-electron chi connectivity index (χ4n) is 6.15. The Hall–Kier alpha value is -1.53. The molecule has 192 valence electrons. The fraction of sp³-hybridized carbons (Fsp3) is 0.324. The van der Waals surface area contributed by atoms with Gasteiger partial charge in [0, 0.05) is 0 Å². The Bertz CT molecular complexity index is 1320. The molecule has 0 saturated carbocycles. The van der Waals surface area contributed by atoms with Crippen LogP contribution < -0.4 is 24.8 Å². The zero-order valence-corrected chi connectivity index (χ0v) is 27.0. The fourth-order valence-corrected chi connectivity index (χ4v) is 14.9. The maximum absolute atomic E-state index is 2.75. The van der Waals surface area contributed by atoms with Gasteiger partial charge in [-0.25, -0.2) is 0 Å². The van der Waals surface area contributed by atoms with Gasteiger partial charge in [-0.15, -0.1) is 0 Å². The van der Waals surface area contributed by atoms with Crippen LogP contribution >= 0.6 is 0 Å². The molecule has 0 fully saturated rings. The molecule has 0 N–H and O–H groups in total. The van der Waals surface area contributed by atoms with Crippen LogP contribution in [0.4, 0.5) is 0 Å². The predicted molar refractivity (Wildman–Crippen MR) is 149 cm³/mol. The van der Waals surface area contributed by atoms with Gasteiger partial charge in [-0.1, -0.05) is 0 Å². The van der Waals surface area contributed by atoms with E-state index in [-0.39, 0.29) is 30.2 Å². The molecule has 0 spiro atoms. The van der Waals surface area contributed by atoms with E-state index in [1.165, 1.54) is 22.3 Å². The Morgan fingerprint density at radius 1 is 0.784 bits per heavy atom. The largest absolute Gasteiger partial charge is 1.00 e. The van der Waals surface area contributed by atoms with Crippen molar-refractivity contribution < 1.29 is 46.1 Å². The van der Waals surface area contributed by atoms with Crippen LogP contribution in [0.25, 0.3) is 11.1 Å². The molecule has 0 nitrogen and oxygen atoms in total. The summed E-state index contributed by atoms with van der Waals surface area (Å²) in [5.41, 5.74) is 12.1. The van der Waals surface area contributed by atoms with E-state index in [4.69, 9.17) is 0 Å². The minimum absolute atomic E-state index is 0. The first kappa shape index (κ1) is 30.0. The van der Waals surface area contributed by atoms with Gasteiger partial charge in [-0.3, -0.25) is 0 Å². The topological polar surface area (TPSA) is 0 Å². The second-order valence-corrected chi connectivity index (χ2v) is 17.4. The quantitative estimate of drug-likeness (QED) is 0.428. The van der Waals surface area contributed by atoms with Crippen molar-refractivity contribution >= 4 is 3.71 Å². The molecule has 0 aromatic heterocycles. The number of hydrogen-bond acceptors (Lipinski definition) is 0. The van der Waals surface area contributed by atoms with Gasteiger partial charge in [0.25, 0.3) is 0 Å². The van der Waals surface area contributed by atoms with Crippen molar-refractivity contribution in [2.75, 3.05) is 0 Å². The van der Waals surface area contributed by atoms with Crippen LogP contribution in [0.15, 0.2) is 93.3 Å². The van der Waals surface area contributed by atoms with E-state index in [0.29, 0.717) is 15.5 Å². The molecule has 0 amide bonds. The standard InChI is InChI=1S/C13H9.C11H14.C10H15.2ClH.Zr/c1-3-7-12-10(5-1)9-11-6-2-4-8-13(11)12;1-9-5-7-10(8-6-9)11(2,3)4;1-7(2)10-6-8(3)5-9(10)4;;;/h1-9H;1,5-8H,2-4H3;6-8H,1-4H3;2*1H;/q;;;;;+2/p-2. The molecule has 37 heavy (non-hydrogen) atoms. The van der Waals surface area contributed by atoms with Gasteiger partial charge in [0.2, 0.25) is 0 Å². The Balaban J connectivity index is 0.00000190. The molecule has 0 saturated heterocycles. The molecule has 1 atom stereocenters. The molecule has 0 aliphatic heterocycles. The number of fused-ring (bicyclic) bond motifs is 3. The van der Waals surface area contributed by atoms with Crippen molar-refractivity contribution in [1.82, 2.24) is 0 Å². The molecule has 5 rings (SSSR count). The van der Waals surface area contributed by atoms with Crippen LogP contribution in [0.3, 0.4) is 0 Å². The summed E-state index contributed by atoms with van der Waals surface area (Å²) in [4.78, 5) is 0. The number of halogens is 2. The first-order valence-electron chi connectivity index (χ1n) is 13.1. The van der Waals surface area contributed by atoms with Gasteiger partial charge in [-0.05, 0) is 0 Å². The summed E-state index contributed by atoms with van der Waals surface area (Å²) in [6, 6.07) is 27.8. The average molecular weight is 609 g/mol. The molecular weight excluding hydrogens is 571 g/mol. The molecule has 0 radical (unpaired) electrons. The smallest absolute Gasteiger partial charge is 1.00 e. The number of hydrogen-bond donors (Lipinski definition) is 0. The van der Waals surface area contributed by atoms with Crippen molar-refractivity contribution in [3.63, 3.8) is 0 Å². The maximum atomic E-state index is 2.75. The number of benzene rings is 3. The van der Waals surface area contributed by atoms with Crippen molar-refractivity contribution in [1.29, 1.82) is 0 Å². The summed E-state index contributed by atoms with van der Waals surface area (Å²) >= 11 is -2.38. The first-order chi connectivity index (χ1) is 16.7. The zero-order valence-electron chi connectivity index (χ0n) is 23.1. The Labute approximate surface area is 244 Å². The first-order valence-corrected chi connectivity index (χ1v) is 17.2. The van der Waals surface area contributed by atoms with E-state index in [9.17, 15) is 0 Å². The van der Waals surface area contributed by atoms with Crippen LogP contribution in [-0.4, -0.2) is 3.71 Å². The second kappa shape index (κ2) is 11.7. The van der Waals surface area contributed by atoms with Crippen molar-refractivity contribution in [3.8, 4) is 11.1 Å². The third-order valence-electron chi connectivity index (χ3n) is 7.90. The van der Waals surface area contributed by atoms with Crippen LogP contribution in [0.5, 0.6) is 0 Å². The number of rotatable bonds is 4. The molecule has 1 unspecified atom stereocenters. The van der Waals surface area contributed by atoms with E-state index in [2.05, 4.69) is 131 Å². The SMILES string of the molecule is CC1=[C](/[Zr+2](=[CH]/c2ccc(C(C)(C)C)cc2)[CH]2c3ccccc3-c3ccccc32)C(C)C=C1C(C)C.[Cl-].[Cl-]. The Morgan fingerprint density at radius 2 is 1.30 bits per heavy atom. The third kappa shape index (κ3) is 5.61. The van der Waals surface area contributed by atoms with Gasteiger partial charge in [0.05, 0.1) is 0 Å². The molecule has 0 heterocycles. The van der Waals surface area contributed by atoms with E-state index in [0.717, 1.165) is 0 Å². The van der Waals surface area contributed by atoms with E-state index in [1.807, 2.05) is 0 Å². The minimum Gasteiger partial charge on any atom is -1.00 e. The zero-order chi connectivity index (χ0) is 24.9. The summed E-state index contributed by atoms with van der Waals surface area (Å²) in [6.07, 6.45) is 2.57. The van der Waals surface area contributed by atoms with Crippen LogP contribution in [0, 0.1) is 11.8 Å². The van der Waals surface area contributed by atoms with Crippen LogP contribution in [0.2, 0.25) is 0 Å². The van der Waals surface area contributed by atoms with Crippen molar-refractivity contribution in [2.24, 2.45) is 11.8 Å². The normalized spacial score (nSPS) is 16.8. The monoisotopic (exact) mass is 606 g/mol. The molecule has 3 aromatic rings. The van der Waals surface area contributed by atoms with E-state index < -0.39 is 21.3 Å². The molecule has 3 aromatic carbocycles. The summed E-state index contributed by atoms with van der Waals surface area (Å²) < 4.78 is 5.07. The Kier molecular flexibility index (Phi) is 9.49. The van der Waals surface area contributed by atoms with E-state index >= 15 is 0 Å². The Morgan fingerprint density at radius 3 is 1.76 bits per heavy atom. The molecule has 0 bridgehead atoms. The summed E-state index contributed by atoms with van der Waals surface area (Å²) in [6.45, 7) is 16.4. The molecule has 2 aliphatic rings. The second-order valence-electron chi connectivity index (χ2n) is 11.7. The van der Waals surface area contributed by atoms with Gasteiger partial charge in [-0.2, -0.15) is 0 Å². The maximum Gasteiger partial charge on any atom is -1.00 e. The third-order valence-corrected chi connectivity index (χ3v) is 16.1. The van der Waals surface area contributed by atoms with Crippen molar-refractivity contribution in [3.05, 3.63) is 116 Å². The van der Waals surface area contributed by atoms with E-state index in [1.54, 1.807) is 25.6 Å². The summed E-state index contributed by atoms with van der Waals surface area (Å²) in [5.74, 6) is 1.11. The molecular formula is C34H38Cl2Zr. The average Bonchev–Trinajstić information content (AvgIpc) is 3.31. The summed E-state index contributed by atoms with van der Waals surface area (Å²) in [5, 5.41) is 0. The van der Waals surface area contributed by atoms with Crippen molar-refractivity contribution in [2.45, 2.75) is 57.5 Å².